The summed E-state index contributed by atoms with van der Waals surface area (Å²) in [5.41, 5.74) is 1.07. The van der Waals surface area contributed by atoms with E-state index in [1.807, 2.05) is 20.0 Å². The molecule has 2 aromatic heterocycles. The van der Waals surface area contributed by atoms with Crippen molar-refractivity contribution in [3.8, 4) is 0 Å². The van der Waals surface area contributed by atoms with Crippen LogP contribution >= 0.6 is 0 Å². The van der Waals surface area contributed by atoms with Crippen molar-refractivity contribution < 1.29 is 19.2 Å². The first kappa shape index (κ1) is 15.7. The Hall–Kier alpha value is -2.64. The molecule has 2 N–H and O–H groups in total. The lowest BCUT2D eigenvalue weighted by Crippen LogP contribution is -2.40. The summed E-state index contributed by atoms with van der Waals surface area (Å²) in [6.07, 6.45) is 4.56. The van der Waals surface area contributed by atoms with E-state index < -0.39 is 17.9 Å². The molecular weight excluding hydrogens is 288 g/mol. The lowest BCUT2D eigenvalue weighted by molar-refractivity contribution is -0.139. The number of aryl methyl sites for hydroxylation is 1. The molecule has 2 heterocycles. The monoisotopic (exact) mass is 306 g/mol. The quantitative estimate of drug-likeness (QED) is 0.795. The van der Waals surface area contributed by atoms with E-state index >= 15 is 0 Å². The molecule has 22 heavy (non-hydrogen) atoms. The minimum atomic E-state index is -1.06. The number of aliphatic carboxylic acids is 1. The van der Waals surface area contributed by atoms with E-state index in [0.29, 0.717) is 25.1 Å². The molecule has 0 aliphatic heterocycles. The van der Waals surface area contributed by atoms with Gasteiger partial charge >= 0.3 is 5.97 Å². The van der Waals surface area contributed by atoms with E-state index in [4.69, 9.17) is 9.63 Å². The van der Waals surface area contributed by atoms with E-state index in [2.05, 4.69) is 15.6 Å². The molecule has 2 rings (SSSR count). The second-order valence-corrected chi connectivity index (χ2v) is 5.05. The highest BCUT2D eigenvalue weighted by molar-refractivity contribution is 5.94. The number of amides is 1. The normalized spacial score (nSPS) is 12.1. The van der Waals surface area contributed by atoms with Crippen molar-refractivity contribution in [1.82, 2.24) is 20.3 Å². The maximum Gasteiger partial charge on any atom is 0.326 e. The number of hydrogen-bond donors (Lipinski definition) is 2. The minimum absolute atomic E-state index is 0.0567. The molecule has 0 fully saturated rings. The van der Waals surface area contributed by atoms with Crippen LogP contribution in [0.15, 0.2) is 23.0 Å². The molecule has 1 unspecified atom stereocenters. The molecular formula is C14H18N4O4. The van der Waals surface area contributed by atoms with Crippen LogP contribution in [0.3, 0.4) is 0 Å². The summed E-state index contributed by atoms with van der Waals surface area (Å²) in [4.78, 5) is 23.0. The Kier molecular flexibility index (Phi) is 4.92. The molecule has 0 aliphatic rings. The van der Waals surface area contributed by atoms with Crippen LogP contribution in [0, 0.1) is 6.92 Å². The lowest BCUT2D eigenvalue weighted by atomic mass is 10.1. The molecule has 0 aromatic carbocycles. The van der Waals surface area contributed by atoms with Crippen LogP contribution in [0.4, 0.5) is 0 Å². The van der Waals surface area contributed by atoms with Crippen molar-refractivity contribution in [1.29, 1.82) is 0 Å². The highest BCUT2D eigenvalue weighted by Crippen LogP contribution is 2.07. The Morgan fingerprint density at radius 1 is 1.50 bits per heavy atom. The first-order valence-corrected chi connectivity index (χ1v) is 6.98. The number of rotatable bonds is 7. The molecule has 8 heteroatoms. The molecule has 1 amide bonds. The smallest absolute Gasteiger partial charge is 0.326 e. The molecule has 0 bridgehead atoms. The zero-order chi connectivity index (χ0) is 16.1. The van der Waals surface area contributed by atoms with Crippen LogP contribution in [0.5, 0.6) is 0 Å². The highest BCUT2D eigenvalue weighted by atomic mass is 16.5. The van der Waals surface area contributed by atoms with E-state index in [1.165, 1.54) is 6.07 Å². The number of nitrogens with zero attached hydrogens (tertiary/aromatic N) is 3. The third-order valence-corrected chi connectivity index (χ3v) is 3.05. The van der Waals surface area contributed by atoms with Gasteiger partial charge in [-0.3, -0.25) is 9.48 Å². The van der Waals surface area contributed by atoms with Gasteiger partial charge in [0.25, 0.3) is 5.91 Å². The summed E-state index contributed by atoms with van der Waals surface area (Å²) in [6.45, 7) is 4.12. The average Bonchev–Trinajstić information content (AvgIpc) is 3.08. The first-order chi connectivity index (χ1) is 10.5. The van der Waals surface area contributed by atoms with Gasteiger partial charge in [0.2, 0.25) is 0 Å². The molecule has 0 spiro atoms. The van der Waals surface area contributed by atoms with Crippen LogP contribution in [0.25, 0.3) is 0 Å². The van der Waals surface area contributed by atoms with Crippen LogP contribution in [-0.2, 0) is 11.3 Å². The molecule has 0 saturated carbocycles. The SMILES string of the molecule is CCCC(NC(=O)c1cc(Cn2cc(C)cn2)on1)C(=O)O. The predicted molar refractivity (Wildman–Crippen MR) is 76.4 cm³/mol. The first-order valence-electron chi connectivity index (χ1n) is 6.98. The third-order valence-electron chi connectivity index (χ3n) is 3.05. The number of nitrogens with one attached hydrogen (secondary N) is 1. The van der Waals surface area contributed by atoms with E-state index in [0.717, 1.165) is 5.56 Å². The fourth-order valence-corrected chi connectivity index (χ4v) is 1.99. The Labute approximate surface area is 127 Å². The molecule has 0 aliphatic carbocycles. The van der Waals surface area contributed by atoms with Gasteiger partial charge in [-0.25, -0.2) is 4.79 Å². The minimum Gasteiger partial charge on any atom is -0.480 e. The number of carbonyl (C=O) groups is 2. The summed E-state index contributed by atoms with van der Waals surface area (Å²) in [6, 6.07) is 0.559. The lowest BCUT2D eigenvalue weighted by Gasteiger charge is -2.11. The van der Waals surface area contributed by atoms with Crippen molar-refractivity contribution in [2.75, 3.05) is 0 Å². The zero-order valence-electron chi connectivity index (χ0n) is 12.4. The largest absolute Gasteiger partial charge is 0.480 e. The second kappa shape index (κ2) is 6.88. The fraction of sp³-hybridized carbons (Fsp3) is 0.429. The molecule has 1 atom stereocenters. The topological polar surface area (TPSA) is 110 Å². The summed E-state index contributed by atoms with van der Waals surface area (Å²) in [5, 5.41) is 19.2. The number of aromatic nitrogens is 3. The fourth-order valence-electron chi connectivity index (χ4n) is 1.99. The number of carboxylic acids is 1. The maximum absolute atomic E-state index is 12.0. The van der Waals surface area contributed by atoms with Gasteiger partial charge in [-0.15, -0.1) is 0 Å². The zero-order valence-corrected chi connectivity index (χ0v) is 12.4. The van der Waals surface area contributed by atoms with Gasteiger partial charge in [-0.1, -0.05) is 18.5 Å². The summed E-state index contributed by atoms with van der Waals surface area (Å²) in [7, 11) is 0. The predicted octanol–water partition coefficient (Wildman–Crippen LogP) is 1.21. The number of carbonyl (C=O) groups excluding carboxylic acids is 1. The van der Waals surface area contributed by atoms with E-state index in [1.54, 1.807) is 10.9 Å². The Balaban J connectivity index is 2.00. The van der Waals surface area contributed by atoms with Gasteiger partial charge in [-0.05, 0) is 18.9 Å². The molecule has 0 radical (unpaired) electrons. The maximum atomic E-state index is 12.0. The van der Waals surface area contributed by atoms with Gasteiger partial charge in [0.1, 0.15) is 12.6 Å². The van der Waals surface area contributed by atoms with E-state index in [9.17, 15) is 9.59 Å². The molecule has 2 aromatic rings. The van der Waals surface area contributed by atoms with Crippen molar-refractivity contribution in [2.24, 2.45) is 0 Å². The standard InChI is InChI=1S/C14H18N4O4/c1-3-4-11(14(20)21)16-13(19)12-5-10(22-17-12)8-18-7-9(2)6-15-18/h5-7,11H,3-4,8H2,1-2H3,(H,16,19)(H,20,21). The van der Waals surface area contributed by atoms with Crippen molar-refractivity contribution in [3.05, 3.63) is 35.5 Å². The van der Waals surface area contributed by atoms with Crippen molar-refractivity contribution in [2.45, 2.75) is 39.3 Å². The summed E-state index contributed by atoms with van der Waals surface area (Å²) < 4.78 is 6.74. The van der Waals surface area contributed by atoms with Gasteiger partial charge in [-0.2, -0.15) is 5.10 Å². The van der Waals surface area contributed by atoms with Gasteiger partial charge in [0.15, 0.2) is 11.5 Å². The molecule has 0 saturated heterocycles. The molecule has 118 valence electrons. The van der Waals surface area contributed by atoms with Crippen LogP contribution in [0.2, 0.25) is 0 Å². The second-order valence-electron chi connectivity index (χ2n) is 5.05. The Morgan fingerprint density at radius 3 is 2.86 bits per heavy atom. The summed E-state index contributed by atoms with van der Waals surface area (Å²) >= 11 is 0. The third kappa shape index (κ3) is 3.94. The van der Waals surface area contributed by atoms with Crippen molar-refractivity contribution >= 4 is 11.9 Å². The van der Waals surface area contributed by atoms with Gasteiger partial charge in [0, 0.05) is 12.3 Å². The van der Waals surface area contributed by atoms with Gasteiger partial charge in [0.05, 0.1) is 6.20 Å². The Bertz CT molecular complexity index is 661. The van der Waals surface area contributed by atoms with Crippen LogP contribution < -0.4 is 5.32 Å². The van der Waals surface area contributed by atoms with Crippen LogP contribution in [0.1, 0.15) is 41.6 Å². The average molecular weight is 306 g/mol. The number of hydrogen-bond acceptors (Lipinski definition) is 5. The van der Waals surface area contributed by atoms with E-state index in [-0.39, 0.29) is 5.69 Å². The highest BCUT2D eigenvalue weighted by Gasteiger charge is 2.21. The van der Waals surface area contributed by atoms with Crippen molar-refractivity contribution in [3.63, 3.8) is 0 Å². The van der Waals surface area contributed by atoms with Crippen LogP contribution in [-0.4, -0.2) is 38.0 Å². The number of carboxylic acid groups (broad SMARTS) is 1. The Morgan fingerprint density at radius 2 is 2.27 bits per heavy atom. The van der Waals surface area contributed by atoms with Gasteiger partial charge < -0.3 is 14.9 Å². The summed E-state index contributed by atoms with van der Waals surface area (Å²) in [5.74, 6) is -1.16. The molecule has 8 nitrogen and oxygen atoms in total.